The number of hydrogen-bond acceptors (Lipinski definition) is 5. The van der Waals surface area contributed by atoms with Gasteiger partial charge in [-0.15, -0.1) is 0 Å². The van der Waals surface area contributed by atoms with Crippen LogP contribution in [0.4, 0.5) is 0 Å². The van der Waals surface area contributed by atoms with Gasteiger partial charge < -0.3 is 20.1 Å². The van der Waals surface area contributed by atoms with Crippen LogP contribution in [0.1, 0.15) is 24.9 Å². The maximum absolute atomic E-state index is 12.5. The van der Waals surface area contributed by atoms with Crippen molar-refractivity contribution in [3.63, 3.8) is 0 Å². The van der Waals surface area contributed by atoms with E-state index in [2.05, 4.69) is 10.2 Å². The number of nitrogens with one attached hydrogen (secondary N) is 1. The highest BCUT2D eigenvalue weighted by Gasteiger charge is 2.33. The minimum atomic E-state index is -0.614. The Morgan fingerprint density at radius 3 is 2.64 bits per heavy atom. The van der Waals surface area contributed by atoms with E-state index in [1.165, 1.54) is 4.90 Å². The van der Waals surface area contributed by atoms with Crippen LogP contribution in [0.2, 0.25) is 5.02 Å². The summed E-state index contributed by atoms with van der Waals surface area (Å²) in [5, 5.41) is 13.1. The van der Waals surface area contributed by atoms with Crippen LogP contribution < -0.4 is 5.32 Å². The number of benzene rings is 1. The molecule has 1 aromatic rings. The Balaban J connectivity index is 1.64. The van der Waals surface area contributed by atoms with Gasteiger partial charge >= 0.3 is 11.8 Å². The smallest absolute Gasteiger partial charge is 0.311 e. The molecular formula is C20H28ClN3O4. The van der Waals surface area contributed by atoms with Crippen LogP contribution >= 0.6 is 11.6 Å². The summed E-state index contributed by atoms with van der Waals surface area (Å²) >= 11 is 6.40. The first-order valence-electron chi connectivity index (χ1n) is 9.78. The second-order valence-corrected chi connectivity index (χ2v) is 7.84. The number of aliphatic hydroxyl groups excluding tert-OH is 1. The predicted octanol–water partition coefficient (Wildman–Crippen LogP) is 1.06. The maximum Gasteiger partial charge on any atom is 0.311 e. The minimum Gasteiger partial charge on any atom is -0.393 e. The molecule has 2 fully saturated rings. The lowest BCUT2D eigenvalue weighted by Crippen LogP contribution is -2.47. The van der Waals surface area contributed by atoms with Gasteiger partial charge in [-0.1, -0.05) is 29.8 Å². The number of hydrogen-bond donors (Lipinski definition) is 2. The second kappa shape index (κ2) is 9.69. The average Bonchev–Trinajstić information content (AvgIpc) is 3.20. The molecule has 0 radical (unpaired) electrons. The largest absolute Gasteiger partial charge is 0.393 e. The van der Waals surface area contributed by atoms with Crippen LogP contribution in [0.25, 0.3) is 0 Å². The Labute approximate surface area is 170 Å². The third-order valence-corrected chi connectivity index (χ3v) is 5.94. The standard InChI is InChI=1S/C20H28ClN3O4/c1-14(25)15-6-7-24(13-15)20(27)19(26)22-12-18(23-8-10-28-11-9-23)16-4-2-3-5-17(16)21/h2-5,14-15,18,25H,6-13H2,1H3,(H,22,26)/t14-,15+,18-/m0/s1. The average molecular weight is 410 g/mol. The quantitative estimate of drug-likeness (QED) is 0.710. The number of morpholine rings is 1. The lowest BCUT2D eigenvalue weighted by atomic mass is 10.0. The van der Waals surface area contributed by atoms with Gasteiger partial charge in [0.25, 0.3) is 0 Å². The first-order valence-corrected chi connectivity index (χ1v) is 10.2. The molecule has 0 spiro atoms. The van der Waals surface area contributed by atoms with Crippen molar-refractivity contribution in [3.8, 4) is 0 Å². The lowest BCUT2D eigenvalue weighted by molar-refractivity contribution is -0.145. The zero-order valence-electron chi connectivity index (χ0n) is 16.1. The number of likely N-dealkylation sites (tertiary alicyclic amines) is 1. The predicted molar refractivity (Wildman–Crippen MR) is 106 cm³/mol. The molecule has 2 aliphatic heterocycles. The highest BCUT2D eigenvalue weighted by atomic mass is 35.5. The van der Waals surface area contributed by atoms with Gasteiger partial charge in [-0.25, -0.2) is 0 Å². The molecule has 2 amide bonds. The minimum absolute atomic E-state index is 0.0287. The van der Waals surface area contributed by atoms with E-state index in [9.17, 15) is 14.7 Å². The summed E-state index contributed by atoms with van der Waals surface area (Å²) in [6, 6.07) is 7.44. The van der Waals surface area contributed by atoms with Crippen molar-refractivity contribution >= 4 is 23.4 Å². The van der Waals surface area contributed by atoms with Crippen LogP contribution in [-0.4, -0.2) is 78.8 Å². The summed E-state index contributed by atoms with van der Waals surface area (Å²) in [5.74, 6) is -1.12. The molecule has 3 rings (SSSR count). The van der Waals surface area contributed by atoms with E-state index in [0.717, 1.165) is 18.7 Å². The van der Waals surface area contributed by atoms with Gasteiger partial charge in [0.15, 0.2) is 0 Å². The molecule has 8 heteroatoms. The molecule has 2 aliphatic rings. The number of ether oxygens (including phenoxy) is 1. The van der Waals surface area contributed by atoms with Crippen LogP contribution in [-0.2, 0) is 14.3 Å². The van der Waals surface area contributed by atoms with Crippen molar-refractivity contribution in [1.29, 1.82) is 0 Å². The summed E-state index contributed by atoms with van der Waals surface area (Å²) < 4.78 is 5.43. The molecule has 7 nitrogen and oxygen atoms in total. The van der Waals surface area contributed by atoms with Gasteiger partial charge in [0.05, 0.1) is 25.4 Å². The van der Waals surface area contributed by atoms with Crippen molar-refractivity contribution < 1.29 is 19.4 Å². The Morgan fingerprint density at radius 2 is 2.00 bits per heavy atom. The van der Waals surface area contributed by atoms with E-state index in [4.69, 9.17) is 16.3 Å². The van der Waals surface area contributed by atoms with Crippen LogP contribution in [0.15, 0.2) is 24.3 Å². The zero-order chi connectivity index (χ0) is 20.1. The van der Waals surface area contributed by atoms with E-state index in [-0.39, 0.29) is 12.0 Å². The van der Waals surface area contributed by atoms with Crippen molar-refractivity contribution in [1.82, 2.24) is 15.1 Å². The van der Waals surface area contributed by atoms with Gasteiger partial charge in [0.1, 0.15) is 0 Å². The molecule has 0 aliphatic carbocycles. The molecule has 0 unspecified atom stereocenters. The molecule has 0 bridgehead atoms. The monoisotopic (exact) mass is 409 g/mol. The molecule has 2 heterocycles. The molecule has 3 atom stereocenters. The fourth-order valence-corrected chi connectivity index (χ4v) is 4.11. The van der Waals surface area contributed by atoms with Crippen LogP contribution in [0.3, 0.4) is 0 Å². The Morgan fingerprint density at radius 1 is 1.29 bits per heavy atom. The molecule has 2 N–H and O–H groups in total. The zero-order valence-corrected chi connectivity index (χ0v) is 16.9. The van der Waals surface area contributed by atoms with E-state index in [1.807, 2.05) is 24.3 Å². The molecule has 1 aromatic carbocycles. The van der Waals surface area contributed by atoms with Crippen molar-refractivity contribution in [2.24, 2.45) is 5.92 Å². The molecule has 2 saturated heterocycles. The maximum atomic E-state index is 12.5. The Kier molecular flexibility index (Phi) is 7.29. The van der Waals surface area contributed by atoms with Crippen LogP contribution in [0, 0.1) is 5.92 Å². The molecule has 28 heavy (non-hydrogen) atoms. The van der Waals surface area contributed by atoms with Crippen LogP contribution in [0.5, 0.6) is 0 Å². The van der Waals surface area contributed by atoms with Crippen molar-refractivity contribution in [2.45, 2.75) is 25.5 Å². The highest BCUT2D eigenvalue weighted by Crippen LogP contribution is 2.28. The fourth-order valence-electron chi connectivity index (χ4n) is 3.84. The van der Waals surface area contributed by atoms with Gasteiger partial charge in [0.2, 0.25) is 0 Å². The number of nitrogens with zero attached hydrogens (tertiary/aromatic N) is 2. The number of aliphatic hydroxyl groups is 1. The van der Waals surface area contributed by atoms with Gasteiger partial charge in [0, 0.05) is 43.7 Å². The second-order valence-electron chi connectivity index (χ2n) is 7.44. The summed E-state index contributed by atoms with van der Waals surface area (Å²) in [6.07, 6.45) is 0.235. The number of carbonyl (C=O) groups is 2. The number of halogens is 1. The number of rotatable bonds is 5. The summed E-state index contributed by atoms with van der Waals surface area (Å²) in [7, 11) is 0. The van der Waals surface area contributed by atoms with E-state index in [0.29, 0.717) is 44.3 Å². The van der Waals surface area contributed by atoms with Gasteiger partial charge in [-0.3, -0.25) is 14.5 Å². The number of amides is 2. The molecule has 0 saturated carbocycles. The molecule has 0 aromatic heterocycles. The Bertz CT molecular complexity index is 694. The Hall–Kier alpha value is -1.67. The first-order chi connectivity index (χ1) is 13.5. The summed E-state index contributed by atoms with van der Waals surface area (Å²) in [6.45, 7) is 5.66. The first kappa shape index (κ1) is 21.0. The summed E-state index contributed by atoms with van der Waals surface area (Å²) in [4.78, 5) is 28.7. The van der Waals surface area contributed by atoms with E-state index in [1.54, 1.807) is 6.92 Å². The van der Waals surface area contributed by atoms with Gasteiger partial charge in [-0.05, 0) is 25.0 Å². The highest BCUT2D eigenvalue weighted by molar-refractivity contribution is 6.35. The van der Waals surface area contributed by atoms with Gasteiger partial charge in [-0.2, -0.15) is 0 Å². The summed E-state index contributed by atoms with van der Waals surface area (Å²) in [5.41, 5.74) is 0.925. The third kappa shape index (κ3) is 5.03. The third-order valence-electron chi connectivity index (χ3n) is 5.60. The normalized spacial score (nSPS) is 22.7. The lowest BCUT2D eigenvalue weighted by Gasteiger charge is -2.35. The van der Waals surface area contributed by atoms with Crippen molar-refractivity contribution in [2.75, 3.05) is 45.9 Å². The molecular weight excluding hydrogens is 382 g/mol. The van der Waals surface area contributed by atoms with E-state index < -0.39 is 17.9 Å². The number of carbonyl (C=O) groups excluding carboxylic acids is 2. The SMILES string of the molecule is C[C@H](O)[C@@H]1CCN(C(=O)C(=O)NC[C@@H](c2ccccc2Cl)N2CCOCC2)C1. The molecule has 154 valence electrons. The van der Waals surface area contributed by atoms with E-state index >= 15 is 0 Å². The topological polar surface area (TPSA) is 82.1 Å². The van der Waals surface area contributed by atoms with Crippen molar-refractivity contribution in [3.05, 3.63) is 34.9 Å². The fraction of sp³-hybridized carbons (Fsp3) is 0.600.